The first kappa shape index (κ1) is 19.1. The van der Waals surface area contributed by atoms with Crippen LogP contribution in [0.5, 0.6) is 5.75 Å². The summed E-state index contributed by atoms with van der Waals surface area (Å²) in [4.78, 5) is 25.2. The van der Waals surface area contributed by atoms with Crippen molar-refractivity contribution in [3.63, 3.8) is 0 Å². The number of anilines is 1. The summed E-state index contributed by atoms with van der Waals surface area (Å²) in [7, 11) is 1.48. The standard InChI is InChI=1S/C19H18N2O4S2/c1-25-15-6-3-2-5-14(15)21-18(23)17(22)20-12-19(24,13-8-10-26-11-13)16-7-4-9-27-16/h2-11,24H,12H2,1H3,(H,20,22)(H,21,23). The van der Waals surface area contributed by atoms with Crippen LogP contribution in [0.4, 0.5) is 5.69 Å². The van der Waals surface area contributed by atoms with E-state index < -0.39 is 17.4 Å². The Labute approximate surface area is 164 Å². The maximum absolute atomic E-state index is 12.3. The van der Waals surface area contributed by atoms with Crippen molar-refractivity contribution < 1.29 is 19.4 Å². The molecule has 0 aliphatic carbocycles. The van der Waals surface area contributed by atoms with Crippen molar-refractivity contribution in [1.29, 1.82) is 0 Å². The Balaban J connectivity index is 1.70. The number of hydrogen-bond acceptors (Lipinski definition) is 6. The van der Waals surface area contributed by atoms with Crippen molar-refractivity contribution in [2.45, 2.75) is 5.60 Å². The first-order valence-corrected chi connectivity index (χ1v) is 9.88. The molecule has 6 nitrogen and oxygen atoms in total. The SMILES string of the molecule is COc1ccccc1NC(=O)C(=O)NCC(O)(c1ccsc1)c1cccs1. The van der Waals surface area contributed by atoms with Crippen LogP contribution in [0.25, 0.3) is 0 Å². The number of thiophene rings is 2. The number of rotatable bonds is 6. The van der Waals surface area contributed by atoms with Gasteiger partial charge in [-0.25, -0.2) is 0 Å². The second kappa shape index (κ2) is 8.34. The number of para-hydroxylation sites is 2. The smallest absolute Gasteiger partial charge is 0.313 e. The van der Waals surface area contributed by atoms with E-state index in [9.17, 15) is 14.7 Å². The lowest BCUT2D eigenvalue weighted by atomic mass is 9.94. The molecule has 0 saturated heterocycles. The third kappa shape index (κ3) is 4.19. The maximum atomic E-state index is 12.3. The van der Waals surface area contributed by atoms with Crippen LogP contribution in [0.3, 0.4) is 0 Å². The van der Waals surface area contributed by atoms with E-state index in [0.717, 1.165) is 0 Å². The van der Waals surface area contributed by atoms with Crippen LogP contribution < -0.4 is 15.4 Å². The summed E-state index contributed by atoms with van der Waals surface area (Å²) in [5, 5.41) is 21.7. The van der Waals surface area contributed by atoms with E-state index in [2.05, 4.69) is 10.6 Å². The number of methoxy groups -OCH3 is 1. The minimum atomic E-state index is -1.39. The van der Waals surface area contributed by atoms with E-state index >= 15 is 0 Å². The second-order valence-corrected chi connectivity index (χ2v) is 7.41. The summed E-state index contributed by atoms with van der Waals surface area (Å²) in [6.45, 7) is -0.123. The number of ether oxygens (including phenoxy) is 1. The zero-order valence-corrected chi connectivity index (χ0v) is 16.1. The quantitative estimate of drug-likeness (QED) is 0.553. The summed E-state index contributed by atoms with van der Waals surface area (Å²) in [5.74, 6) is -1.23. The van der Waals surface area contributed by atoms with Gasteiger partial charge in [0.1, 0.15) is 11.4 Å². The molecule has 0 aliphatic rings. The van der Waals surface area contributed by atoms with Crippen molar-refractivity contribution >= 4 is 40.2 Å². The Kier molecular flexibility index (Phi) is 5.90. The molecule has 0 fully saturated rings. The predicted octanol–water partition coefficient (Wildman–Crippen LogP) is 2.81. The minimum absolute atomic E-state index is 0.123. The third-order valence-corrected chi connectivity index (χ3v) is 5.70. The van der Waals surface area contributed by atoms with E-state index in [4.69, 9.17) is 4.74 Å². The Hall–Kier alpha value is -2.68. The molecule has 0 saturated carbocycles. The number of hydrogen-bond donors (Lipinski definition) is 3. The van der Waals surface area contributed by atoms with Gasteiger partial charge in [-0.2, -0.15) is 11.3 Å². The highest BCUT2D eigenvalue weighted by atomic mass is 32.1. The molecule has 0 aliphatic heterocycles. The first-order chi connectivity index (χ1) is 13.0. The zero-order valence-electron chi connectivity index (χ0n) is 14.5. The number of carbonyl (C=O) groups is 2. The van der Waals surface area contributed by atoms with Gasteiger partial charge in [-0.05, 0) is 40.4 Å². The fourth-order valence-electron chi connectivity index (χ4n) is 2.56. The lowest BCUT2D eigenvalue weighted by molar-refractivity contribution is -0.136. The molecule has 1 atom stereocenters. The van der Waals surface area contributed by atoms with E-state index in [-0.39, 0.29) is 6.54 Å². The number of aliphatic hydroxyl groups is 1. The molecule has 0 bridgehead atoms. The number of nitrogens with one attached hydrogen (secondary N) is 2. The van der Waals surface area contributed by atoms with Gasteiger partial charge in [0.25, 0.3) is 0 Å². The van der Waals surface area contributed by atoms with Gasteiger partial charge in [0.2, 0.25) is 0 Å². The molecule has 0 spiro atoms. The molecule has 2 amide bonds. The Morgan fingerprint density at radius 3 is 2.59 bits per heavy atom. The average Bonchev–Trinajstić information content (AvgIpc) is 3.40. The lowest BCUT2D eigenvalue weighted by Crippen LogP contribution is -2.44. The summed E-state index contributed by atoms with van der Waals surface area (Å²) in [6, 6.07) is 12.2. The summed E-state index contributed by atoms with van der Waals surface area (Å²) < 4.78 is 5.15. The number of carbonyl (C=O) groups excluding carboxylic acids is 2. The van der Waals surface area contributed by atoms with Gasteiger partial charge >= 0.3 is 11.8 Å². The summed E-state index contributed by atoms with van der Waals surface area (Å²) >= 11 is 2.83. The monoisotopic (exact) mass is 402 g/mol. The fourth-order valence-corrected chi connectivity index (χ4v) is 4.13. The second-order valence-electron chi connectivity index (χ2n) is 5.69. The van der Waals surface area contributed by atoms with Crippen molar-refractivity contribution in [2.24, 2.45) is 0 Å². The molecule has 27 heavy (non-hydrogen) atoms. The van der Waals surface area contributed by atoms with Crippen molar-refractivity contribution in [3.8, 4) is 5.75 Å². The number of amides is 2. The van der Waals surface area contributed by atoms with Crippen LogP contribution in [0.1, 0.15) is 10.4 Å². The molecule has 3 aromatic rings. The van der Waals surface area contributed by atoms with E-state index in [0.29, 0.717) is 21.9 Å². The molecular formula is C19H18N2O4S2. The molecule has 3 rings (SSSR count). The average molecular weight is 402 g/mol. The van der Waals surface area contributed by atoms with Crippen LogP contribution in [0.2, 0.25) is 0 Å². The van der Waals surface area contributed by atoms with E-state index in [1.54, 1.807) is 36.4 Å². The van der Waals surface area contributed by atoms with Crippen LogP contribution in [-0.4, -0.2) is 30.6 Å². The Bertz CT molecular complexity index is 873. The van der Waals surface area contributed by atoms with Gasteiger partial charge < -0.3 is 20.5 Å². The summed E-state index contributed by atoms with van der Waals surface area (Å²) in [6.07, 6.45) is 0. The maximum Gasteiger partial charge on any atom is 0.313 e. The largest absolute Gasteiger partial charge is 0.495 e. The van der Waals surface area contributed by atoms with Crippen LogP contribution >= 0.6 is 22.7 Å². The van der Waals surface area contributed by atoms with Gasteiger partial charge in [-0.3, -0.25) is 9.59 Å². The molecule has 3 N–H and O–H groups in total. The van der Waals surface area contributed by atoms with Gasteiger partial charge in [-0.15, -0.1) is 11.3 Å². The topological polar surface area (TPSA) is 87.7 Å². The molecule has 140 valence electrons. The minimum Gasteiger partial charge on any atom is -0.495 e. The molecule has 1 unspecified atom stereocenters. The molecule has 2 aromatic heterocycles. The van der Waals surface area contributed by atoms with Gasteiger partial charge in [0, 0.05) is 10.4 Å². The van der Waals surface area contributed by atoms with Gasteiger partial charge in [-0.1, -0.05) is 18.2 Å². The molecule has 0 radical (unpaired) electrons. The van der Waals surface area contributed by atoms with E-state index in [1.807, 2.05) is 22.2 Å². The Morgan fingerprint density at radius 1 is 1.11 bits per heavy atom. The summed E-state index contributed by atoms with van der Waals surface area (Å²) in [5.41, 5.74) is -0.332. The van der Waals surface area contributed by atoms with Gasteiger partial charge in [0.15, 0.2) is 0 Å². The van der Waals surface area contributed by atoms with Crippen molar-refractivity contribution in [1.82, 2.24) is 5.32 Å². The Morgan fingerprint density at radius 2 is 1.93 bits per heavy atom. The van der Waals surface area contributed by atoms with Crippen molar-refractivity contribution in [3.05, 3.63) is 69.0 Å². The first-order valence-electron chi connectivity index (χ1n) is 8.06. The van der Waals surface area contributed by atoms with Crippen LogP contribution in [0.15, 0.2) is 58.6 Å². The molecule has 8 heteroatoms. The third-order valence-electron chi connectivity index (χ3n) is 3.99. The molecular weight excluding hydrogens is 384 g/mol. The number of benzene rings is 1. The van der Waals surface area contributed by atoms with Crippen LogP contribution in [0, 0.1) is 0 Å². The molecule has 1 aromatic carbocycles. The zero-order chi connectivity index (χ0) is 19.3. The van der Waals surface area contributed by atoms with Crippen LogP contribution in [-0.2, 0) is 15.2 Å². The highest BCUT2D eigenvalue weighted by Crippen LogP contribution is 2.33. The predicted molar refractivity (Wildman–Crippen MR) is 106 cm³/mol. The fraction of sp³-hybridized carbons (Fsp3) is 0.158. The van der Waals surface area contributed by atoms with Gasteiger partial charge in [0.05, 0.1) is 19.3 Å². The normalized spacial score (nSPS) is 12.8. The lowest BCUT2D eigenvalue weighted by Gasteiger charge is -2.26. The van der Waals surface area contributed by atoms with E-state index in [1.165, 1.54) is 29.8 Å². The highest BCUT2D eigenvalue weighted by molar-refractivity contribution is 7.10. The highest BCUT2D eigenvalue weighted by Gasteiger charge is 2.34. The molecule has 2 heterocycles. The van der Waals surface area contributed by atoms with Crippen molar-refractivity contribution in [2.75, 3.05) is 19.0 Å².